The number of fused-ring (bicyclic) bond motifs is 2. The molecule has 0 aromatic heterocycles. The number of nitrogens with zero attached hydrogens (tertiary/aromatic N) is 1. The summed E-state index contributed by atoms with van der Waals surface area (Å²) in [5.41, 5.74) is -1.91. The Bertz CT molecular complexity index is 1720. The molecule has 1 fully saturated rings. The smallest absolute Gasteiger partial charge is 0.328 e. The Labute approximate surface area is 236 Å². The zero-order valence-electron chi connectivity index (χ0n) is 20.1. The molecule has 0 aliphatic carbocycles. The van der Waals surface area contributed by atoms with Crippen LogP contribution in [0.4, 0.5) is 17.1 Å². The maximum Gasteiger partial charge on any atom is 0.328 e. The number of nitrogens with one attached hydrogen (secondary N) is 2. The van der Waals surface area contributed by atoms with E-state index in [0.717, 1.165) is 11.0 Å². The summed E-state index contributed by atoms with van der Waals surface area (Å²) < 4.78 is 0. The monoisotopic (exact) mass is 577 g/mol. The second-order valence-corrected chi connectivity index (χ2v) is 9.64. The van der Waals surface area contributed by atoms with Crippen molar-refractivity contribution in [3.63, 3.8) is 0 Å². The fraction of sp³-hybridized carbons (Fsp3) is 0.0357. The highest BCUT2D eigenvalue weighted by Gasteiger charge is 2.66. The molecule has 3 amide bonds. The number of aliphatic carboxylic acids is 1. The molecule has 10 nitrogen and oxygen atoms in total. The van der Waals surface area contributed by atoms with Crippen LogP contribution in [0.2, 0.25) is 10.0 Å². The number of carboxylic acids is 1. The molecule has 2 heterocycles. The Morgan fingerprint density at radius 3 is 2.35 bits per heavy atom. The third-order valence-electron chi connectivity index (χ3n) is 6.35. The van der Waals surface area contributed by atoms with Gasteiger partial charge in [0.25, 0.3) is 11.7 Å². The number of amides is 3. The minimum atomic E-state index is -2.12. The van der Waals surface area contributed by atoms with Crippen molar-refractivity contribution in [2.24, 2.45) is 0 Å². The highest BCUT2D eigenvalue weighted by Crippen LogP contribution is 2.53. The van der Waals surface area contributed by atoms with Gasteiger partial charge in [0.15, 0.2) is 5.54 Å². The Morgan fingerprint density at radius 1 is 0.900 bits per heavy atom. The van der Waals surface area contributed by atoms with Gasteiger partial charge in [-0.05, 0) is 42.5 Å². The van der Waals surface area contributed by atoms with Gasteiger partial charge in [0.2, 0.25) is 5.91 Å². The summed E-state index contributed by atoms with van der Waals surface area (Å²) in [6.45, 7) is 0. The van der Waals surface area contributed by atoms with E-state index in [1.807, 2.05) is 0 Å². The molecule has 3 aromatic carbocycles. The summed E-state index contributed by atoms with van der Waals surface area (Å²) >= 11 is 12.3. The minimum Gasteiger partial charge on any atom is -0.507 e. The molecule has 200 valence electrons. The first kappa shape index (κ1) is 26.7. The number of hydrogen-bond donors (Lipinski definition) is 4. The molecule has 12 heteroatoms. The highest BCUT2D eigenvalue weighted by atomic mass is 35.5. The van der Waals surface area contributed by atoms with Crippen molar-refractivity contribution in [1.82, 2.24) is 0 Å². The number of Topliss-reactive ketones (excluding diaryl/α,β-unsaturated/α-hetero) is 1. The van der Waals surface area contributed by atoms with Crippen LogP contribution in [-0.2, 0) is 29.5 Å². The lowest BCUT2D eigenvalue weighted by Gasteiger charge is -2.33. The van der Waals surface area contributed by atoms with Crippen molar-refractivity contribution in [3.8, 4) is 0 Å². The summed E-state index contributed by atoms with van der Waals surface area (Å²) in [4.78, 5) is 64.7. The lowest BCUT2D eigenvalue weighted by atomic mass is 9.81. The van der Waals surface area contributed by atoms with E-state index in [2.05, 4.69) is 10.6 Å². The van der Waals surface area contributed by atoms with Crippen LogP contribution in [0.1, 0.15) is 11.1 Å². The van der Waals surface area contributed by atoms with E-state index in [-0.39, 0.29) is 38.2 Å². The van der Waals surface area contributed by atoms with Crippen molar-refractivity contribution in [3.05, 3.63) is 106 Å². The van der Waals surface area contributed by atoms with Gasteiger partial charge in [-0.15, -0.1) is 0 Å². The molecule has 0 saturated carbocycles. The number of hydrogen-bond acceptors (Lipinski definition) is 6. The normalized spacial score (nSPS) is 19.2. The Balaban J connectivity index is 1.73. The largest absolute Gasteiger partial charge is 0.507 e. The number of carbonyl (C=O) groups is 5. The van der Waals surface area contributed by atoms with Gasteiger partial charge in [0.05, 0.1) is 5.57 Å². The highest BCUT2D eigenvalue weighted by molar-refractivity contribution is 6.55. The van der Waals surface area contributed by atoms with E-state index in [9.17, 15) is 29.1 Å². The fourth-order valence-corrected chi connectivity index (χ4v) is 5.16. The Kier molecular flexibility index (Phi) is 6.66. The number of rotatable bonds is 5. The standard InChI is InChI=1S/C28H17Cl2N3O7/c29-15-4-2-6-18(12-15)33-26(39)25(38)23(28(33)19-8-7-16(30)13-20(19)32-27(28)40)24(37)14-3-1-5-17(11-14)31-21(34)9-10-22(35)36/h1-13,37H,(H,31,34)(H,32,40)(H,35,36)/b10-9+,24-23?. The average molecular weight is 578 g/mol. The van der Waals surface area contributed by atoms with Crippen molar-refractivity contribution in [1.29, 1.82) is 0 Å². The van der Waals surface area contributed by atoms with E-state index >= 15 is 0 Å². The molecule has 5 rings (SSSR count). The van der Waals surface area contributed by atoms with Gasteiger partial charge >= 0.3 is 11.9 Å². The van der Waals surface area contributed by atoms with Crippen LogP contribution in [0, 0.1) is 0 Å². The number of benzene rings is 3. The number of ketones is 1. The molecular weight excluding hydrogens is 561 g/mol. The number of carboxylic acid groups (broad SMARTS) is 1. The number of aliphatic hydroxyl groups excluding tert-OH is 1. The van der Waals surface area contributed by atoms with Gasteiger partial charge in [-0.25, -0.2) is 4.79 Å². The lowest BCUT2D eigenvalue weighted by molar-refractivity contribution is -0.132. The van der Waals surface area contributed by atoms with Crippen LogP contribution >= 0.6 is 23.2 Å². The third kappa shape index (κ3) is 4.29. The SMILES string of the molecule is O=C(O)/C=C/C(=O)Nc1cccc(C(O)=C2C(=O)C(=O)N(c3cccc(Cl)c3)C23C(=O)Nc2cc(Cl)ccc23)c1. The first-order valence-electron chi connectivity index (χ1n) is 11.6. The quantitative estimate of drug-likeness (QED) is 0.200. The number of aliphatic hydroxyl groups is 1. The van der Waals surface area contributed by atoms with E-state index < -0.39 is 46.3 Å². The molecule has 2 aliphatic heterocycles. The summed E-state index contributed by atoms with van der Waals surface area (Å²) in [6, 6.07) is 16.1. The van der Waals surface area contributed by atoms with E-state index in [0.29, 0.717) is 6.08 Å². The summed E-state index contributed by atoms with van der Waals surface area (Å²) in [6.07, 6.45) is 1.45. The maximum absolute atomic E-state index is 13.8. The van der Waals surface area contributed by atoms with Crippen LogP contribution in [0.25, 0.3) is 5.76 Å². The van der Waals surface area contributed by atoms with Crippen molar-refractivity contribution < 1.29 is 34.2 Å². The fourth-order valence-electron chi connectivity index (χ4n) is 4.80. The summed E-state index contributed by atoms with van der Waals surface area (Å²) in [5.74, 6) is -5.75. The summed E-state index contributed by atoms with van der Waals surface area (Å²) in [5, 5.41) is 25.9. The van der Waals surface area contributed by atoms with Gasteiger partial charge in [0, 0.05) is 50.4 Å². The molecule has 0 bridgehead atoms. The summed E-state index contributed by atoms with van der Waals surface area (Å²) in [7, 11) is 0. The molecule has 4 N–H and O–H groups in total. The Hall–Kier alpha value is -4.93. The zero-order chi connectivity index (χ0) is 28.8. The van der Waals surface area contributed by atoms with Crippen LogP contribution in [0.15, 0.2) is 84.5 Å². The second-order valence-electron chi connectivity index (χ2n) is 8.77. The van der Waals surface area contributed by atoms with Gasteiger partial charge in [-0.1, -0.05) is 47.5 Å². The van der Waals surface area contributed by atoms with Crippen LogP contribution in [0.3, 0.4) is 0 Å². The maximum atomic E-state index is 13.8. The van der Waals surface area contributed by atoms with E-state index in [4.69, 9.17) is 28.3 Å². The molecular formula is C28H17Cl2N3O7. The number of anilines is 3. The van der Waals surface area contributed by atoms with Crippen molar-refractivity contribution in [2.45, 2.75) is 5.54 Å². The van der Waals surface area contributed by atoms with Crippen LogP contribution < -0.4 is 15.5 Å². The average Bonchev–Trinajstić information content (AvgIpc) is 3.31. The molecule has 0 radical (unpaired) electrons. The number of carbonyl (C=O) groups excluding carboxylic acids is 4. The predicted molar refractivity (Wildman–Crippen MR) is 147 cm³/mol. The molecule has 2 aliphatic rings. The van der Waals surface area contributed by atoms with Gasteiger partial charge in [-0.3, -0.25) is 24.1 Å². The molecule has 1 unspecified atom stereocenters. The first-order chi connectivity index (χ1) is 19.0. The molecule has 1 atom stereocenters. The van der Waals surface area contributed by atoms with Crippen LogP contribution in [-0.4, -0.2) is 39.7 Å². The molecule has 1 saturated heterocycles. The molecule has 40 heavy (non-hydrogen) atoms. The predicted octanol–water partition coefficient (Wildman–Crippen LogP) is 4.31. The third-order valence-corrected chi connectivity index (χ3v) is 6.82. The molecule has 1 spiro atoms. The van der Waals surface area contributed by atoms with Gasteiger partial charge in [0.1, 0.15) is 5.76 Å². The van der Waals surface area contributed by atoms with Crippen molar-refractivity contribution in [2.75, 3.05) is 15.5 Å². The van der Waals surface area contributed by atoms with E-state index in [1.165, 1.54) is 54.6 Å². The Morgan fingerprint density at radius 2 is 1.62 bits per heavy atom. The second kappa shape index (κ2) is 9.99. The van der Waals surface area contributed by atoms with Crippen molar-refractivity contribution >= 4 is 75.5 Å². The van der Waals surface area contributed by atoms with Crippen LogP contribution in [0.5, 0.6) is 0 Å². The van der Waals surface area contributed by atoms with E-state index in [1.54, 1.807) is 12.1 Å². The van der Waals surface area contributed by atoms with Gasteiger partial charge < -0.3 is 20.8 Å². The topological polar surface area (TPSA) is 153 Å². The zero-order valence-corrected chi connectivity index (χ0v) is 21.7. The minimum absolute atomic E-state index is 0.00121. The first-order valence-corrected chi connectivity index (χ1v) is 12.3. The molecule has 3 aromatic rings. The van der Waals surface area contributed by atoms with Gasteiger partial charge in [-0.2, -0.15) is 0 Å². The lowest BCUT2D eigenvalue weighted by Crippen LogP contribution is -2.49. The number of halogens is 2.